The molecular formula is C11H15ClN4O3S3. The Morgan fingerprint density at radius 2 is 2.14 bits per heavy atom. The first-order chi connectivity index (χ1) is 9.96. The van der Waals surface area contributed by atoms with Gasteiger partial charge in [0.15, 0.2) is 0 Å². The van der Waals surface area contributed by atoms with E-state index in [1.165, 1.54) is 24.5 Å². The number of carbonyl (C=O) groups excluding carboxylic acids is 1. The van der Waals surface area contributed by atoms with Gasteiger partial charge >= 0.3 is 0 Å². The summed E-state index contributed by atoms with van der Waals surface area (Å²) in [5, 5.41) is 5.03. The molecule has 4 N–H and O–H groups in total. The van der Waals surface area contributed by atoms with Crippen LogP contribution in [0.5, 0.6) is 0 Å². The molecular weight excluding hydrogens is 368 g/mol. The van der Waals surface area contributed by atoms with Crippen LogP contribution in [0.25, 0.3) is 0 Å². The predicted molar refractivity (Wildman–Crippen MR) is 89.0 cm³/mol. The number of nitrogens with two attached hydrogens (primary N) is 1. The number of hydrogen-bond donors (Lipinski definition) is 3. The van der Waals surface area contributed by atoms with Crippen molar-refractivity contribution in [1.29, 1.82) is 0 Å². The summed E-state index contributed by atoms with van der Waals surface area (Å²) in [5.41, 5.74) is 5.76. The van der Waals surface area contributed by atoms with Gasteiger partial charge in [0, 0.05) is 16.8 Å². The van der Waals surface area contributed by atoms with Crippen LogP contribution >= 0.6 is 35.1 Å². The van der Waals surface area contributed by atoms with Crippen LogP contribution < -0.4 is 15.8 Å². The summed E-state index contributed by atoms with van der Waals surface area (Å²) in [6.07, 6.45) is 0. The number of halogens is 1. The fraction of sp³-hybridized carbons (Fsp3) is 0.273. The number of sulfonamides is 1. The lowest BCUT2D eigenvalue weighted by atomic mass is 10.4. The largest absolute Gasteiger partial charge is 0.346 e. The normalized spacial score (nSPS) is 11.0. The Kier molecular flexibility index (Phi) is 6.91. The second kappa shape index (κ2) is 7.99. The van der Waals surface area contributed by atoms with E-state index in [0.29, 0.717) is 17.2 Å². The van der Waals surface area contributed by atoms with Crippen molar-refractivity contribution in [3.05, 3.63) is 33.1 Å². The van der Waals surface area contributed by atoms with E-state index in [-0.39, 0.29) is 29.1 Å². The maximum atomic E-state index is 11.9. The van der Waals surface area contributed by atoms with Gasteiger partial charge in [0.25, 0.3) is 5.91 Å². The Morgan fingerprint density at radius 1 is 1.41 bits per heavy atom. The molecule has 0 aromatic carbocycles. The van der Waals surface area contributed by atoms with Crippen LogP contribution in [-0.2, 0) is 23.1 Å². The minimum atomic E-state index is -3.44. The number of nitrogens with one attached hydrogen (secondary N) is 2. The molecule has 0 aliphatic carbocycles. The molecule has 0 spiro atoms. The van der Waals surface area contributed by atoms with E-state index in [4.69, 9.17) is 5.73 Å². The summed E-state index contributed by atoms with van der Waals surface area (Å²) in [7, 11) is -2.08. The van der Waals surface area contributed by atoms with Crippen molar-refractivity contribution < 1.29 is 13.2 Å². The molecule has 0 radical (unpaired) electrons. The van der Waals surface area contributed by atoms with Gasteiger partial charge in [0.05, 0.1) is 6.54 Å². The topological polar surface area (TPSA) is 114 Å². The van der Waals surface area contributed by atoms with E-state index in [1.54, 1.807) is 11.4 Å². The molecule has 0 saturated carbocycles. The highest BCUT2D eigenvalue weighted by Gasteiger charge is 2.15. The van der Waals surface area contributed by atoms with E-state index in [9.17, 15) is 13.2 Å². The molecule has 1 amide bonds. The molecule has 2 aromatic heterocycles. The van der Waals surface area contributed by atoms with Crippen LogP contribution in [0.4, 0.5) is 0 Å². The van der Waals surface area contributed by atoms with Gasteiger partial charge in [-0.25, -0.2) is 18.1 Å². The number of hydrogen-bond acceptors (Lipinski definition) is 7. The van der Waals surface area contributed by atoms with Crippen molar-refractivity contribution in [2.24, 2.45) is 5.73 Å². The molecule has 2 rings (SSSR count). The molecule has 0 aliphatic rings. The highest BCUT2D eigenvalue weighted by atomic mass is 35.5. The number of amides is 1. The third-order valence-electron chi connectivity index (χ3n) is 2.55. The van der Waals surface area contributed by atoms with Gasteiger partial charge < -0.3 is 11.1 Å². The van der Waals surface area contributed by atoms with Crippen LogP contribution in [-0.4, -0.2) is 26.4 Å². The number of aromatic nitrogens is 1. The highest BCUT2D eigenvalue weighted by molar-refractivity contribution is 7.91. The molecule has 7 nitrogen and oxygen atoms in total. The lowest BCUT2D eigenvalue weighted by Gasteiger charge is -2.00. The summed E-state index contributed by atoms with van der Waals surface area (Å²) in [4.78, 5) is 16.7. The van der Waals surface area contributed by atoms with Crippen LogP contribution in [0, 0.1) is 0 Å². The Morgan fingerprint density at radius 3 is 2.73 bits per heavy atom. The number of rotatable bonds is 6. The number of carbonyl (C=O) groups is 1. The molecule has 0 unspecified atom stereocenters. The van der Waals surface area contributed by atoms with Gasteiger partial charge in [-0.05, 0) is 19.2 Å². The molecule has 0 atom stereocenters. The summed E-state index contributed by atoms with van der Waals surface area (Å²) in [5.74, 6) is -0.308. The van der Waals surface area contributed by atoms with E-state index < -0.39 is 10.0 Å². The Balaban J connectivity index is 0.00000242. The maximum absolute atomic E-state index is 11.9. The molecule has 11 heteroatoms. The average Bonchev–Trinajstić information content (AvgIpc) is 3.13. The smallest absolute Gasteiger partial charge is 0.271 e. The van der Waals surface area contributed by atoms with Gasteiger partial charge in [-0.1, -0.05) is 0 Å². The SMILES string of the molecule is CNS(=O)(=O)c1ccc(CNC(=O)c2csc(CN)n2)s1.Cl. The Hall–Kier alpha value is -1.04. The molecule has 2 heterocycles. The van der Waals surface area contributed by atoms with Gasteiger partial charge in [-0.3, -0.25) is 4.79 Å². The molecule has 0 aliphatic heterocycles. The maximum Gasteiger partial charge on any atom is 0.271 e. The van der Waals surface area contributed by atoms with Crippen LogP contribution in [0.3, 0.4) is 0 Å². The van der Waals surface area contributed by atoms with Gasteiger partial charge in [-0.2, -0.15) is 0 Å². The number of thiophene rings is 1. The van der Waals surface area contributed by atoms with E-state index in [0.717, 1.165) is 16.2 Å². The Bertz CT molecular complexity index is 741. The van der Waals surface area contributed by atoms with Crippen molar-refractivity contribution >= 4 is 51.0 Å². The van der Waals surface area contributed by atoms with Gasteiger partial charge in [0.2, 0.25) is 10.0 Å². The molecule has 0 saturated heterocycles. The standard InChI is InChI=1S/C11H14N4O3S3.ClH/c1-13-21(17,18)10-3-2-7(20-10)5-14-11(16)8-6-19-9(4-12)15-8;/h2-3,6,13H,4-5,12H2,1H3,(H,14,16);1H. The van der Waals surface area contributed by atoms with Crippen LogP contribution in [0.1, 0.15) is 20.4 Å². The third kappa shape index (κ3) is 4.48. The summed E-state index contributed by atoms with van der Waals surface area (Å²) in [6, 6.07) is 3.18. The zero-order valence-electron chi connectivity index (χ0n) is 11.5. The second-order valence-electron chi connectivity index (χ2n) is 3.94. The first-order valence-electron chi connectivity index (χ1n) is 5.91. The molecule has 2 aromatic rings. The molecule has 122 valence electrons. The van der Waals surface area contributed by atoms with E-state index >= 15 is 0 Å². The average molecular weight is 383 g/mol. The summed E-state index contributed by atoms with van der Waals surface area (Å²) in [6.45, 7) is 0.548. The molecule has 0 fully saturated rings. The first kappa shape index (κ1) is 19.0. The quantitative estimate of drug-likeness (QED) is 0.687. The fourth-order valence-corrected chi connectivity index (χ4v) is 4.25. The minimum absolute atomic E-state index is 0. The van der Waals surface area contributed by atoms with Gasteiger partial charge in [0.1, 0.15) is 14.9 Å². The van der Waals surface area contributed by atoms with Crippen molar-refractivity contribution in [2.45, 2.75) is 17.3 Å². The van der Waals surface area contributed by atoms with Crippen molar-refractivity contribution in [3.63, 3.8) is 0 Å². The second-order valence-corrected chi connectivity index (χ2v) is 8.17. The van der Waals surface area contributed by atoms with E-state index in [2.05, 4.69) is 15.0 Å². The zero-order chi connectivity index (χ0) is 15.5. The zero-order valence-corrected chi connectivity index (χ0v) is 14.8. The monoisotopic (exact) mass is 382 g/mol. The van der Waals surface area contributed by atoms with E-state index in [1.807, 2.05) is 0 Å². The molecule has 0 bridgehead atoms. The predicted octanol–water partition coefficient (Wildman–Crippen LogP) is 0.923. The summed E-state index contributed by atoms with van der Waals surface area (Å²) < 4.78 is 25.7. The van der Waals surface area contributed by atoms with Gasteiger partial charge in [-0.15, -0.1) is 35.1 Å². The highest BCUT2D eigenvalue weighted by Crippen LogP contribution is 2.21. The molecule has 22 heavy (non-hydrogen) atoms. The van der Waals surface area contributed by atoms with Crippen molar-refractivity contribution in [1.82, 2.24) is 15.0 Å². The van der Waals surface area contributed by atoms with Crippen molar-refractivity contribution in [2.75, 3.05) is 7.05 Å². The Labute approximate surface area is 142 Å². The number of thiazole rings is 1. The lowest BCUT2D eigenvalue weighted by Crippen LogP contribution is -2.22. The first-order valence-corrected chi connectivity index (χ1v) is 9.09. The minimum Gasteiger partial charge on any atom is -0.346 e. The number of nitrogens with zero attached hydrogens (tertiary/aromatic N) is 1. The van der Waals surface area contributed by atoms with Crippen LogP contribution in [0.15, 0.2) is 21.7 Å². The van der Waals surface area contributed by atoms with Crippen LogP contribution in [0.2, 0.25) is 0 Å². The third-order valence-corrected chi connectivity index (χ3v) is 6.42. The summed E-state index contributed by atoms with van der Waals surface area (Å²) >= 11 is 2.44. The fourth-order valence-electron chi connectivity index (χ4n) is 1.47. The lowest BCUT2D eigenvalue weighted by molar-refractivity contribution is 0.0947. The van der Waals surface area contributed by atoms with Crippen molar-refractivity contribution in [3.8, 4) is 0 Å².